The first-order valence-electron chi connectivity index (χ1n) is 6.87. The lowest BCUT2D eigenvalue weighted by Crippen LogP contribution is -2.30. The highest BCUT2D eigenvalue weighted by molar-refractivity contribution is 4.69. The van der Waals surface area contributed by atoms with Gasteiger partial charge in [-0.05, 0) is 44.8 Å². The van der Waals surface area contributed by atoms with Crippen molar-refractivity contribution in [2.45, 2.75) is 58.8 Å². The fourth-order valence-electron chi connectivity index (χ4n) is 2.51. The minimum absolute atomic E-state index is 0.897. The molecule has 0 bridgehead atoms. The fourth-order valence-corrected chi connectivity index (χ4v) is 2.51. The molecule has 0 spiro atoms. The molecule has 15 heavy (non-hydrogen) atoms. The first kappa shape index (κ1) is 13.0. The molecule has 1 aliphatic heterocycles. The Morgan fingerprint density at radius 2 is 1.73 bits per heavy atom. The van der Waals surface area contributed by atoms with Crippen molar-refractivity contribution in [1.82, 2.24) is 4.90 Å². The van der Waals surface area contributed by atoms with Gasteiger partial charge < -0.3 is 4.90 Å². The zero-order valence-corrected chi connectivity index (χ0v) is 11.0. The molecule has 1 heteroatoms. The molecular weight excluding hydrogens is 182 g/mol. The van der Waals surface area contributed by atoms with E-state index in [2.05, 4.69) is 25.8 Å². The maximum atomic E-state index is 2.47. The van der Waals surface area contributed by atoms with Gasteiger partial charge in [-0.15, -0.1) is 0 Å². The van der Waals surface area contributed by atoms with Crippen LogP contribution in [0.4, 0.5) is 0 Å². The lowest BCUT2D eigenvalue weighted by molar-refractivity contribution is 0.209. The highest BCUT2D eigenvalue weighted by Gasteiger charge is 2.15. The van der Waals surface area contributed by atoms with Crippen LogP contribution in [0.3, 0.4) is 0 Å². The highest BCUT2D eigenvalue weighted by Crippen LogP contribution is 2.22. The predicted octanol–water partition coefficient (Wildman–Crippen LogP) is 3.93. The normalized spacial score (nSPS) is 20.0. The van der Waals surface area contributed by atoms with Gasteiger partial charge in [0.1, 0.15) is 0 Å². The van der Waals surface area contributed by atoms with Crippen LogP contribution in [0.2, 0.25) is 0 Å². The van der Waals surface area contributed by atoms with Gasteiger partial charge in [-0.3, -0.25) is 0 Å². The third kappa shape index (κ3) is 6.19. The second-order valence-corrected chi connectivity index (χ2v) is 5.78. The zero-order valence-electron chi connectivity index (χ0n) is 11.0. The molecule has 0 aromatic rings. The molecule has 0 amide bonds. The maximum Gasteiger partial charge on any atom is -0.00191 e. The smallest absolute Gasteiger partial charge is 0.00191 e. The van der Waals surface area contributed by atoms with Crippen molar-refractivity contribution in [2.24, 2.45) is 11.8 Å². The summed E-state index contributed by atoms with van der Waals surface area (Å²) < 4.78 is 0. The Hall–Kier alpha value is -0.0400. The molecule has 1 aliphatic rings. The van der Waals surface area contributed by atoms with E-state index >= 15 is 0 Å². The molecule has 0 radical (unpaired) electrons. The molecule has 1 nitrogen and oxygen atoms in total. The van der Waals surface area contributed by atoms with Crippen LogP contribution in [-0.4, -0.2) is 25.0 Å². The largest absolute Gasteiger partial charge is 0.306 e. The summed E-state index contributed by atoms with van der Waals surface area (Å²) in [7, 11) is 2.25. The molecule has 1 rings (SSSR count). The summed E-state index contributed by atoms with van der Waals surface area (Å²) in [6.45, 7) is 7.32. The van der Waals surface area contributed by atoms with Gasteiger partial charge in [0.15, 0.2) is 0 Å². The summed E-state index contributed by atoms with van der Waals surface area (Å²) in [4.78, 5) is 2.47. The molecule has 0 saturated carbocycles. The van der Waals surface area contributed by atoms with Crippen molar-refractivity contribution in [3.63, 3.8) is 0 Å². The number of piperidine rings is 1. The lowest BCUT2D eigenvalue weighted by atomic mass is 9.91. The van der Waals surface area contributed by atoms with Crippen LogP contribution in [-0.2, 0) is 0 Å². The summed E-state index contributed by atoms with van der Waals surface area (Å²) >= 11 is 0. The van der Waals surface area contributed by atoms with Gasteiger partial charge in [0, 0.05) is 0 Å². The molecule has 0 N–H and O–H groups in total. The number of rotatable bonds is 6. The third-order valence-corrected chi connectivity index (χ3v) is 3.73. The molecule has 0 aliphatic carbocycles. The van der Waals surface area contributed by atoms with Crippen molar-refractivity contribution in [1.29, 1.82) is 0 Å². The van der Waals surface area contributed by atoms with Crippen molar-refractivity contribution in [3.8, 4) is 0 Å². The van der Waals surface area contributed by atoms with Gasteiger partial charge in [-0.1, -0.05) is 46.0 Å². The Kier molecular flexibility index (Phi) is 6.31. The minimum Gasteiger partial charge on any atom is -0.306 e. The average Bonchev–Trinajstić information content (AvgIpc) is 2.20. The summed E-state index contributed by atoms with van der Waals surface area (Å²) in [5, 5.41) is 0. The molecule has 0 atom stereocenters. The van der Waals surface area contributed by atoms with Crippen molar-refractivity contribution < 1.29 is 0 Å². The quantitative estimate of drug-likeness (QED) is 0.602. The lowest BCUT2D eigenvalue weighted by Gasteiger charge is -2.28. The SMILES string of the molecule is CC(C)CCCCCC1CCN(C)CC1. The van der Waals surface area contributed by atoms with Crippen LogP contribution in [0.25, 0.3) is 0 Å². The summed E-state index contributed by atoms with van der Waals surface area (Å²) in [6, 6.07) is 0. The standard InChI is InChI=1S/C14H29N/c1-13(2)7-5-4-6-8-14-9-11-15(3)12-10-14/h13-14H,4-12H2,1-3H3. The number of likely N-dealkylation sites (tertiary alicyclic amines) is 1. The van der Waals surface area contributed by atoms with Crippen LogP contribution in [0.15, 0.2) is 0 Å². The van der Waals surface area contributed by atoms with E-state index in [0.717, 1.165) is 11.8 Å². The number of nitrogens with zero attached hydrogens (tertiary/aromatic N) is 1. The molecular formula is C14H29N. The number of unbranched alkanes of at least 4 members (excludes halogenated alkanes) is 2. The van der Waals surface area contributed by atoms with E-state index < -0.39 is 0 Å². The molecule has 0 aromatic carbocycles. The van der Waals surface area contributed by atoms with Gasteiger partial charge in [0.25, 0.3) is 0 Å². The van der Waals surface area contributed by atoms with Crippen molar-refractivity contribution in [3.05, 3.63) is 0 Å². The van der Waals surface area contributed by atoms with Crippen LogP contribution in [0.1, 0.15) is 58.8 Å². The topological polar surface area (TPSA) is 3.24 Å². The van der Waals surface area contributed by atoms with E-state index in [1.54, 1.807) is 0 Å². The minimum atomic E-state index is 0.897. The maximum absolute atomic E-state index is 2.47. The van der Waals surface area contributed by atoms with E-state index in [0.29, 0.717) is 0 Å². The molecule has 1 heterocycles. The molecule has 1 fully saturated rings. The van der Waals surface area contributed by atoms with Crippen LogP contribution in [0.5, 0.6) is 0 Å². The second-order valence-electron chi connectivity index (χ2n) is 5.78. The summed E-state index contributed by atoms with van der Waals surface area (Å²) in [6.07, 6.45) is 10.2. The Labute approximate surface area is 96.2 Å². The summed E-state index contributed by atoms with van der Waals surface area (Å²) in [5.41, 5.74) is 0. The monoisotopic (exact) mass is 211 g/mol. The van der Waals surface area contributed by atoms with Crippen molar-refractivity contribution in [2.75, 3.05) is 20.1 Å². The van der Waals surface area contributed by atoms with E-state index in [1.807, 2.05) is 0 Å². The van der Waals surface area contributed by atoms with Gasteiger partial charge in [0.2, 0.25) is 0 Å². The second kappa shape index (κ2) is 7.27. The first-order chi connectivity index (χ1) is 7.18. The van der Waals surface area contributed by atoms with Gasteiger partial charge in [-0.2, -0.15) is 0 Å². The zero-order chi connectivity index (χ0) is 11.1. The van der Waals surface area contributed by atoms with Crippen molar-refractivity contribution >= 4 is 0 Å². The molecule has 1 saturated heterocycles. The predicted molar refractivity (Wildman–Crippen MR) is 68.1 cm³/mol. The van der Waals surface area contributed by atoms with E-state index in [9.17, 15) is 0 Å². The average molecular weight is 211 g/mol. The highest BCUT2D eigenvalue weighted by atomic mass is 15.1. The molecule has 90 valence electrons. The first-order valence-corrected chi connectivity index (χ1v) is 6.87. The van der Waals surface area contributed by atoms with Gasteiger partial charge in [-0.25, -0.2) is 0 Å². The van der Waals surface area contributed by atoms with Crippen LogP contribution in [0, 0.1) is 11.8 Å². The van der Waals surface area contributed by atoms with Gasteiger partial charge in [0.05, 0.1) is 0 Å². The van der Waals surface area contributed by atoms with Crippen LogP contribution >= 0.6 is 0 Å². The Morgan fingerprint density at radius 1 is 1.07 bits per heavy atom. The van der Waals surface area contributed by atoms with Crippen LogP contribution < -0.4 is 0 Å². The Balaban J connectivity index is 1.91. The van der Waals surface area contributed by atoms with Gasteiger partial charge >= 0.3 is 0 Å². The number of hydrogen-bond acceptors (Lipinski definition) is 1. The molecule has 0 aromatic heterocycles. The fraction of sp³-hybridized carbons (Fsp3) is 1.00. The summed E-state index contributed by atoms with van der Waals surface area (Å²) in [5.74, 6) is 1.94. The Morgan fingerprint density at radius 3 is 2.33 bits per heavy atom. The van der Waals surface area contributed by atoms with E-state index in [4.69, 9.17) is 0 Å². The number of hydrogen-bond donors (Lipinski definition) is 0. The Bertz CT molecular complexity index is 145. The van der Waals surface area contributed by atoms with E-state index in [-0.39, 0.29) is 0 Å². The van der Waals surface area contributed by atoms with E-state index in [1.165, 1.54) is 58.0 Å². The molecule has 0 unspecified atom stereocenters. The third-order valence-electron chi connectivity index (χ3n) is 3.73.